The summed E-state index contributed by atoms with van der Waals surface area (Å²) >= 11 is -3.59. The van der Waals surface area contributed by atoms with Gasteiger partial charge in [0.1, 0.15) is 0 Å². The summed E-state index contributed by atoms with van der Waals surface area (Å²) in [5, 5.41) is 0. The van der Waals surface area contributed by atoms with E-state index in [0.717, 1.165) is 60.9 Å². The molecule has 4 aromatic carbocycles. The van der Waals surface area contributed by atoms with Gasteiger partial charge in [-0.05, 0) is 0 Å². The van der Waals surface area contributed by atoms with Crippen LogP contribution in [0, 0.1) is 13.8 Å². The van der Waals surface area contributed by atoms with E-state index in [0.29, 0.717) is 20.8 Å². The van der Waals surface area contributed by atoms with Crippen LogP contribution in [0.2, 0.25) is 0 Å². The van der Waals surface area contributed by atoms with E-state index in [1.807, 2.05) is 12.2 Å². The Balaban J connectivity index is 1.80. The molecule has 0 bridgehead atoms. The Kier molecular flexibility index (Phi) is 9.28. The molecule has 2 aliphatic rings. The van der Waals surface area contributed by atoms with Crippen LogP contribution in [-0.4, -0.2) is 3.21 Å². The summed E-state index contributed by atoms with van der Waals surface area (Å²) in [4.78, 5) is 0. The Bertz CT molecular complexity index is 1960. The molecule has 0 radical (unpaired) electrons. The Morgan fingerprint density at radius 3 is 1.42 bits per heavy atom. The number of allylic oxidation sites excluding steroid dienone is 4. The van der Waals surface area contributed by atoms with Gasteiger partial charge in [-0.25, -0.2) is 0 Å². The van der Waals surface area contributed by atoms with E-state index in [1.165, 1.54) is 23.3 Å². The van der Waals surface area contributed by atoms with Crippen molar-refractivity contribution in [2.45, 2.75) is 88.6 Å². The van der Waals surface area contributed by atoms with Gasteiger partial charge in [0.25, 0.3) is 0 Å². The van der Waals surface area contributed by atoms with E-state index in [4.69, 9.17) is 0 Å². The number of aryl methyl sites for hydroxylation is 2. The molecule has 0 N–H and O–H groups in total. The quantitative estimate of drug-likeness (QED) is 0.182. The maximum atomic E-state index is 14.2. The zero-order valence-corrected chi connectivity index (χ0v) is 32.2. The molecule has 0 heterocycles. The molecule has 0 saturated carbocycles. The topological polar surface area (TPSA) is 0 Å². The molecule has 0 fully saturated rings. The molecule has 0 saturated heterocycles. The fourth-order valence-corrected chi connectivity index (χ4v) is 16.7. The third-order valence-corrected chi connectivity index (χ3v) is 18.3. The van der Waals surface area contributed by atoms with Crippen LogP contribution in [0.1, 0.15) is 107 Å². The predicted molar refractivity (Wildman–Crippen MR) is 189 cm³/mol. The molecule has 50 heavy (non-hydrogen) atoms. The molecule has 6 rings (SSSR count). The molecule has 7 heteroatoms. The van der Waals surface area contributed by atoms with Gasteiger partial charge in [-0.1, -0.05) is 0 Å². The van der Waals surface area contributed by atoms with E-state index in [1.54, 1.807) is 12.1 Å². The van der Waals surface area contributed by atoms with Crippen molar-refractivity contribution >= 4 is 3.21 Å². The minimum absolute atomic E-state index is 0.137. The SMILES string of the molecule is Cc1cc2c(cc1C(C)(C)C)-c1cc(C(C)(C)C)c(C)cc1[CH]2[Zr]([C]1=CC=CC1)=[C](c1cccc(C(F)(F)F)c1)c1cccc(C(F)(F)F)c1. The van der Waals surface area contributed by atoms with Gasteiger partial charge in [0.15, 0.2) is 0 Å². The van der Waals surface area contributed by atoms with Crippen molar-refractivity contribution in [3.8, 4) is 11.1 Å². The molecule has 0 atom stereocenters. The summed E-state index contributed by atoms with van der Waals surface area (Å²) in [6.07, 6.45) is -2.51. The number of hydrogen-bond acceptors (Lipinski definition) is 0. The second-order valence-corrected chi connectivity index (χ2v) is 22.0. The second kappa shape index (κ2) is 12.7. The summed E-state index contributed by atoms with van der Waals surface area (Å²) in [6.45, 7) is 17.3. The minimum atomic E-state index is -4.61. The van der Waals surface area contributed by atoms with E-state index in [9.17, 15) is 26.3 Å². The summed E-state index contributed by atoms with van der Waals surface area (Å²) in [5.74, 6) is 0. The van der Waals surface area contributed by atoms with Crippen molar-refractivity contribution in [3.63, 3.8) is 0 Å². The average molecular weight is 764 g/mol. The van der Waals surface area contributed by atoms with Crippen molar-refractivity contribution in [2.24, 2.45) is 0 Å². The van der Waals surface area contributed by atoms with Crippen LogP contribution < -0.4 is 0 Å². The molecular weight excluding hydrogens is 722 g/mol. The first-order valence-corrected chi connectivity index (χ1v) is 20.8. The Morgan fingerprint density at radius 1 is 0.620 bits per heavy atom. The summed E-state index contributed by atoms with van der Waals surface area (Å²) < 4.78 is 87.1. The van der Waals surface area contributed by atoms with Gasteiger partial charge in [0, 0.05) is 0 Å². The number of fused-ring (bicyclic) bond motifs is 3. The first-order chi connectivity index (χ1) is 23.2. The summed E-state index contributed by atoms with van der Waals surface area (Å²) in [6, 6.07) is 19.5. The van der Waals surface area contributed by atoms with Crippen LogP contribution in [0.3, 0.4) is 0 Å². The molecule has 4 aromatic rings. The number of halogens is 6. The van der Waals surface area contributed by atoms with Gasteiger partial charge >= 0.3 is 301 Å². The third-order valence-electron chi connectivity index (χ3n) is 9.95. The van der Waals surface area contributed by atoms with E-state index < -0.39 is 44.7 Å². The summed E-state index contributed by atoms with van der Waals surface area (Å²) in [7, 11) is 0. The van der Waals surface area contributed by atoms with Gasteiger partial charge < -0.3 is 0 Å². The molecule has 0 aliphatic heterocycles. The third kappa shape index (κ3) is 6.84. The van der Waals surface area contributed by atoms with Crippen molar-refractivity contribution < 1.29 is 47.6 Å². The molecular formula is C43H42F6Zr. The number of rotatable bonds is 4. The van der Waals surface area contributed by atoms with Gasteiger partial charge in [0.05, 0.1) is 0 Å². The monoisotopic (exact) mass is 762 g/mol. The number of hydrogen-bond donors (Lipinski definition) is 0. The van der Waals surface area contributed by atoms with Crippen molar-refractivity contribution in [2.75, 3.05) is 0 Å². The fraction of sp³-hybridized carbons (Fsp3) is 0.326. The van der Waals surface area contributed by atoms with Gasteiger partial charge in [-0.3, -0.25) is 0 Å². The standard InChI is InChI=1S/C23H29.C15H8F6.C5H5.Zr/c1-14-9-16-11-17-10-15(2)21(23(6,7)8)13-19(17)18(16)12-20(14)22(3,4)5;16-14(17,18)12-5-1-3-10(8-12)7-11-4-2-6-13(9-11)15(19,20)21;1-2-4-5-3-1;/h9-13H,1-8H3;1-6,8-9H;1-3H,4H2;. The predicted octanol–water partition coefficient (Wildman–Crippen LogP) is 12.7. The van der Waals surface area contributed by atoms with Crippen molar-refractivity contribution in [1.29, 1.82) is 0 Å². The van der Waals surface area contributed by atoms with Crippen LogP contribution in [0.4, 0.5) is 26.3 Å². The normalized spacial score (nSPS) is 14.9. The molecule has 2 aliphatic carbocycles. The first kappa shape index (κ1) is 36.5. The molecule has 0 amide bonds. The van der Waals surface area contributed by atoms with E-state index in [2.05, 4.69) is 85.7 Å². The van der Waals surface area contributed by atoms with Crippen molar-refractivity contribution in [3.05, 3.63) is 150 Å². The second-order valence-electron chi connectivity index (χ2n) is 15.7. The first-order valence-electron chi connectivity index (χ1n) is 16.9. The average Bonchev–Trinajstić information content (AvgIpc) is 3.63. The molecule has 0 spiro atoms. The molecule has 0 aromatic heterocycles. The van der Waals surface area contributed by atoms with Crippen molar-refractivity contribution in [1.82, 2.24) is 0 Å². The van der Waals surface area contributed by atoms with Crippen LogP contribution in [0.15, 0.2) is 94.3 Å². The molecule has 260 valence electrons. The summed E-state index contributed by atoms with van der Waals surface area (Å²) in [5.41, 5.74) is 7.92. The maximum absolute atomic E-state index is 14.2. The van der Waals surface area contributed by atoms with E-state index >= 15 is 0 Å². The number of alkyl halides is 6. The Labute approximate surface area is 299 Å². The Hall–Kier alpha value is -3.31. The van der Waals surface area contributed by atoms with Crippen LogP contribution in [-0.2, 0) is 44.4 Å². The van der Waals surface area contributed by atoms with Crippen LogP contribution >= 0.6 is 0 Å². The van der Waals surface area contributed by atoms with E-state index in [-0.39, 0.29) is 14.5 Å². The van der Waals surface area contributed by atoms with Crippen LogP contribution in [0.5, 0.6) is 0 Å². The zero-order valence-electron chi connectivity index (χ0n) is 29.7. The van der Waals surface area contributed by atoms with Gasteiger partial charge in [-0.15, -0.1) is 0 Å². The Morgan fingerprint density at radius 2 is 1.06 bits per heavy atom. The van der Waals surface area contributed by atoms with Gasteiger partial charge in [-0.2, -0.15) is 0 Å². The van der Waals surface area contributed by atoms with Crippen LogP contribution in [0.25, 0.3) is 11.1 Å². The number of benzene rings is 4. The molecule has 0 nitrogen and oxygen atoms in total. The zero-order chi connectivity index (χ0) is 36.6. The fourth-order valence-electron chi connectivity index (χ4n) is 7.82. The molecule has 0 unspecified atom stereocenters. The van der Waals surface area contributed by atoms with Gasteiger partial charge in [0.2, 0.25) is 0 Å².